The molecule has 0 spiro atoms. The van der Waals surface area contributed by atoms with Crippen LogP contribution >= 0.6 is 11.3 Å². The van der Waals surface area contributed by atoms with Crippen LogP contribution in [0.15, 0.2) is 36.7 Å². The van der Waals surface area contributed by atoms with E-state index >= 15 is 0 Å². The molecular weight excluding hydrogens is 484 g/mol. The number of hydrogen-bond acceptors (Lipinski definition) is 7. The second-order valence-electron chi connectivity index (χ2n) is 10.2. The summed E-state index contributed by atoms with van der Waals surface area (Å²) < 4.78 is 0.965. The lowest BCUT2D eigenvalue weighted by Gasteiger charge is -2.16. The van der Waals surface area contributed by atoms with E-state index in [0.717, 1.165) is 39.3 Å². The second kappa shape index (κ2) is 8.92. The minimum atomic E-state index is -0.577. The number of thiophene rings is 1. The molecule has 4 aromatic rings. The molecule has 0 aromatic carbocycles. The number of nitrogens with two attached hydrogens (primary N) is 1. The quantitative estimate of drug-likeness (QED) is 0.336. The fourth-order valence-corrected chi connectivity index (χ4v) is 6.66. The average Bonchev–Trinajstić information content (AvgIpc) is 3.54. The summed E-state index contributed by atoms with van der Waals surface area (Å²) in [6, 6.07) is 7.95. The van der Waals surface area contributed by atoms with Crippen molar-refractivity contribution < 1.29 is 9.59 Å². The molecule has 2 amide bonds. The minimum Gasteiger partial charge on any atom is -0.377 e. The highest BCUT2D eigenvalue weighted by atomic mass is 32.1. The fourth-order valence-electron chi connectivity index (χ4n) is 5.51. The Bertz CT molecular complexity index is 1580. The van der Waals surface area contributed by atoms with Crippen molar-refractivity contribution in [2.24, 2.45) is 11.7 Å². The first-order chi connectivity index (χ1) is 17.8. The van der Waals surface area contributed by atoms with Gasteiger partial charge in [0, 0.05) is 28.5 Å². The number of nitrogens with one attached hydrogen (secondary N) is 2. The zero-order chi connectivity index (χ0) is 25.8. The van der Waals surface area contributed by atoms with Gasteiger partial charge in [-0.1, -0.05) is 19.9 Å². The predicted molar refractivity (Wildman–Crippen MR) is 145 cm³/mol. The summed E-state index contributed by atoms with van der Waals surface area (Å²) in [7, 11) is 0. The summed E-state index contributed by atoms with van der Waals surface area (Å²) in [5.74, 6) is -0.546. The van der Waals surface area contributed by atoms with Crippen LogP contribution in [0.1, 0.15) is 82.6 Å². The fraction of sp³-hybridized carbons (Fsp3) is 0.321. The normalized spacial score (nSPS) is 18.2. The third-order valence-corrected chi connectivity index (χ3v) is 8.27. The maximum Gasteiger partial charge on any atom is 0.254 e. The number of pyridine rings is 3. The largest absolute Gasteiger partial charge is 0.377 e. The molecule has 8 nitrogen and oxygen atoms in total. The van der Waals surface area contributed by atoms with Crippen molar-refractivity contribution in [3.05, 3.63) is 70.4 Å². The van der Waals surface area contributed by atoms with E-state index in [0.29, 0.717) is 34.5 Å². The summed E-state index contributed by atoms with van der Waals surface area (Å²) in [5, 5.41) is 6.65. The number of carbonyl (C=O) groups excluding carboxylic acids is 2. The molecular formula is C28H28N6O2S. The maximum atomic E-state index is 13.1. The number of carbonyl (C=O) groups is 2. The Kier molecular flexibility index (Phi) is 5.67. The van der Waals surface area contributed by atoms with Crippen molar-refractivity contribution in [2.75, 3.05) is 5.32 Å². The Morgan fingerprint density at radius 2 is 2.08 bits per heavy atom. The number of anilines is 1. The average molecular weight is 513 g/mol. The van der Waals surface area contributed by atoms with E-state index in [-0.39, 0.29) is 23.9 Å². The van der Waals surface area contributed by atoms with Gasteiger partial charge in [0.15, 0.2) is 0 Å². The third-order valence-electron chi connectivity index (χ3n) is 7.09. The van der Waals surface area contributed by atoms with E-state index in [1.165, 1.54) is 16.9 Å². The van der Waals surface area contributed by atoms with Gasteiger partial charge in [0.05, 0.1) is 50.5 Å². The van der Waals surface area contributed by atoms with Gasteiger partial charge in [-0.3, -0.25) is 24.5 Å². The van der Waals surface area contributed by atoms with Crippen LogP contribution in [0.25, 0.3) is 20.7 Å². The lowest BCUT2D eigenvalue weighted by molar-refractivity contribution is 0.0959. The Balaban J connectivity index is 1.51. The van der Waals surface area contributed by atoms with Gasteiger partial charge < -0.3 is 16.4 Å². The molecule has 37 heavy (non-hydrogen) atoms. The zero-order valence-corrected chi connectivity index (χ0v) is 21.8. The van der Waals surface area contributed by atoms with Gasteiger partial charge in [0.2, 0.25) is 0 Å². The molecule has 188 valence electrons. The highest BCUT2D eigenvalue weighted by Gasteiger charge is 2.36. The molecule has 2 unspecified atom stereocenters. The number of hydrogen-bond donors (Lipinski definition) is 3. The van der Waals surface area contributed by atoms with Crippen LogP contribution < -0.4 is 16.4 Å². The summed E-state index contributed by atoms with van der Waals surface area (Å²) in [4.78, 5) is 40.6. The van der Waals surface area contributed by atoms with Gasteiger partial charge in [0.1, 0.15) is 0 Å². The molecule has 2 atom stereocenters. The highest BCUT2D eigenvalue weighted by Crippen LogP contribution is 2.44. The van der Waals surface area contributed by atoms with Crippen molar-refractivity contribution >= 4 is 39.1 Å². The van der Waals surface area contributed by atoms with Crippen molar-refractivity contribution in [3.8, 4) is 10.4 Å². The van der Waals surface area contributed by atoms with Gasteiger partial charge in [-0.15, -0.1) is 11.3 Å². The molecule has 1 aliphatic carbocycles. The predicted octanol–water partition coefficient (Wildman–Crippen LogP) is 4.95. The van der Waals surface area contributed by atoms with E-state index in [1.807, 2.05) is 31.3 Å². The van der Waals surface area contributed by atoms with Crippen LogP contribution in [0.3, 0.4) is 0 Å². The second-order valence-corrected chi connectivity index (χ2v) is 11.2. The number of rotatable bonds is 6. The molecule has 0 bridgehead atoms. The van der Waals surface area contributed by atoms with Crippen LogP contribution in [-0.2, 0) is 12.8 Å². The highest BCUT2D eigenvalue weighted by molar-refractivity contribution is 7.22. The van der Waals surface area contributed by atoms with Crippen LogP contribution in [0.5, 0.6) is 0 Å². The Morgan fingerprint density at radius 1 is 1.24 bits per heavy atom. The molecule has 1 aliphatic heterocycles. The van der Waals surface area contributed by atoms with Crippen LogP contribution in [-0.4, -0.2) is 26.8 Å². The Morgan fingerprint density at radius 3 is 2.86 bits per heavy atom. The van der Waals surface area contributed by atoms with E-state index in [9.17, 15) is 9.59 Å². The molecule has 4 N–H and O–H groups in total. The van der Waals surface area contributed by atoms with Gasteiger partial charge in [0.25, 0.3) is 11.8 Å². The van der Waals surface area contributed by atoms with Gasteiger partial charge in [-0.2, -0.15) is 0 Å². The number of aromatic nitrogens is 3. The summed E-state index contributed by atoms with van der Waals surface area (Å²) in [6.45, 7) is 6.06. The van der Waals surface area contributed by atoms with Crippen molar-refractivity contribution in [1.82, 2.24) is 20.3 Å². The van der Waals surface area contributed by atoms with Crippen LogP contribution in [0.2, 0.25) is 0 Å². The lowest BCUT2D eigenvalue weighted by Crippen LogP contribution is -2.20. The SMILES string of the molecule is CC(C)Cc1nc2c(c(-c3cc4nccc(NC5CCc6ncccc65)c4s3)c1C(N)=O)C(=O)NC2C. The van der Waals surface area contributed by atoms with Gasteiger partial charge in [-0.05, 0) is 55.9 Å². The lowest BCUT2D eigenvalue weighted by atomic mass is 9.92. The van der Waals surface area contributed by atoms with Gasteiger partial charge in [-0.25, -0.2) is 0 Å². The first-order valence-electron chi connectivity index (χ1n) is 12.6. The van der Waals surface area contributed by atoms with Crippen molar-refractivity contribution in [3.63, 3.8) is 0 Å². The topological polar surface area (TPSA) is 123 Å². The number of primary amides is 1. The number of amides is 2. The molecule has 9 heteroatoms. The number of fused-ring (bicyclic) bond motifs is 3. The maximum absolute atomic E-state index is 13.1. The first-order valence-corrected chi connectivity index (χ1v) is 13.4. The Labute approximate surface area is 218 Å². The zero-order valence-electron chi connectivity index (χ0n) is 21.0. The summed E-state index contributed by atoms with van der Waals surface area (Å²) >= 11 is 1.51. The molecule has 0 fully saturated rings. The smallest absolute Gasteiger partial charge is 0.254 e. The van der Waals surface area contributed by atoms with Crippen LogP contribution in [0.4, 0.5) is 5.69 Å². The van der Waals surface area contributed by atoms with Crippen LogP contribution in [0, 0.1) is 5.92 Å². The molecule has 4 aromatic heterocycles. The third kappa shape index (κ3) is 3.94. The summed E-state index contributed by atoms with van der Waals surface area (Å²) in [5.41, 5.74) is 12.7. The number of nitrogens with zero attached hydrogens (tertiary/aromatic N) is 3. The first kappa shape index (κ1) is 23.5. The standard InChI is InChI=1S/C28H28N6O2S/c1-13(2)11-19-22(27(29)35)23(24-25(34-19)14(3)32-28(24)36)21-12-20-26(37-21)18(8-10-31-20)33-17-7-6-16-15(17)5-4-9-30-16/h4-5,8-10,12-14,17H,6-7,11H2,1-3H3,(H2,29,35)(H,31,33)(H,32,36). The van der Waals surface area contributed by atoms with E-state index < -0.39 is 5.91 Å². The molecule has 0 radical (unpaired) electrons. The van der Waals surface area contributed by atoms with Crippen molar-refractivity contribution in [1.29, 1.82) is 0 Å². The molecule has 0 saturated heterocycles. The van der Waals surface area contributed by atoms with E-state index in [1.54, 1.807) is 6.20 Å². The summed E-state index contributed by atoms with van der Waals surface area (Å²) in [6.07, 6.45) is 6.12. The van der Waals surface area contributed by atoms with Gasteiger partial charge >= 0.3 is 0 Å². The molecule has 5 heterocycles. The number of aryl methyl sites for hydroxylation is 1. The molecule has 2 aliphatic rings. The monoisotopic (exact) mass is 512 g/mol. The van der Waals surface area contributed by atoms with Crippen molar-refractivity contribution in [2.45, 2.75) is 52.1 Å². The molecule has 0 saturated carbocycles. The van der Waals surface area contributed by atoms with E-state index in [2.05, 4.69) is 40.5 Å². The minimum absolute atomic E-state index is 0.162. The van der Waals surface area contributed by atoms with E-state index in [4.69, 9.17) is 10.7 Å². The molecule has 6 rings (SSSR count). The Hall–Kier alpha value is -3.85.